The number of carbonyl (C=O) groups excluding carboxylic acids is 1. The molecule has 0 unspecified atom stereocenters. The lowest BCUT2D eigenvalue weighted by Gasteiger charge is -2.44. The molecule has 2 fully saturated rings. The Morgan fingerprint density at radius 2 is 2.00 bits per heavy atom. The predicted molar refractivity (Wildman–Crippen MR) is 113 cm³/mol. The van der Waals surface area contributed by atoms with Gasteiger partial charge in [-0.15, -0.1) is 11.8 Å². The van der Waals surface area contributed by atoms with Crippen LogP contribution < -0.4 is 10.6 Å². The lowest BCUT2D eigenvalue weighted by atomic mass is 9.88. The van der Waals surface area contributed by atoms with Crippen molar-refractivity contribution in [3.8, 4) is 0 Å². The SMILES string of the molecule is CCCOC[C@@H]1CCN[C@H](C(=O)N[C@H](C(C)C)[C@H]2O[C@H](SC)[C@H](O)[C@@H](O)[C@H]2O)C1. The molecule has 2 rings (SSSR count). The number of aliphatic hydroxyl groups is 3. The average Bonchev–Trinajstić information content (AvgIpc) is 2.71. The van der Waals surface area contributed by atoms with Crippen LogP contribution in [0, 0.1) is 11.8 Å². The molecular formula is C20H38N2O6S. The number of ether oxygens (including phenoxy) is 2. The second-order valence-electron chi connectivity index (χ2n) is 8.43. The van der Waals surface area contributed by atoms with Crippen LogP contribution in [0.1, 0.15) is 40.0 Å². The first kappa shape index (κ1) is 24.8. The van der Waals surface area contributed by atoms with E-state index in [1.165, 1.54) is 11.8 Å². The van der Waals surface area contributed by atoms with Crippen molar-refractivity contribution in [2.75, 3.05) is 26.0 Å². The Labute approximate surface area is 178 Å². The molecule has 0 aromatic rings. The first-order valence-corrected chi connectivity index (χ1v) is 11.9. The fourth-order valence-electron chi connectivity index (χ4n) is 4.00. The molecule has 2 heterocycles. The highest BCUT2D eigenvalue weighted by Gasteiger charge is 2.47. The molecule has 0 saturated carbocycles. The van der Waals surface area contributed by atoms with Gasteiger partial charge in [0.05, 0.1) is 12.1 Å². The van der Waals surface area contributed by atoms with Crippen LogP contribution in [0.25, 0.3) is 0 Å². The summed E-state index contributed by atoms with van der Waals surface area (Å²) in [5.41, 5.74) is -0.663. The Balaban J connectivity index is 2.01. The van der Waals surface area contributed by atoms with E-state index in [1.807, 2.05) is 13.8 Å². The van der Waals surface area contributed by atoms with Crippen molar-refractivity contribution in [3.63, 3.8) is 0 Å². The standard InChI is InChI=1S/C20H38N2O6S/c1-5-8-27-10-12-6-7-21-13(9-12)19(26)22-14(11(2)3)18-16(24)15(23)17(25)20(28-18)29-4/h11-18,20-21,23-25H,5-10H2,1-4H3,(H,22,26)/t12-,13+,14-,15+,16-,17-,18-,20-/m1/s1. The highest BCUT2D eigenvalue weighted by atomic mass is 32.2. The van der Waals surface area contributed by atoms with Crippen LogP contribution in [0.15, 0.2) is 0 Å². The van der Waals surface area contributed by atoms with Crippen LogP contribution in [-0.2, 0) is 14.3 Å². The number of thioether (sulfide) groups is 1. The summed E-state index contributed by atoms with van der Waals surface area (Å²) in [5, 5.41) is 37.1. The number of hydrogen-bond donors (Lipinski definition) is 5. The summed E-state index contributed by atoms with van der Waals surface area (Å²) in [6.45, 7) is 8.09. The molecule has 170 valence electrons. The molecule has 0 spiro atoms. The molecule has 0 bridgehead atoms. The minimum absolute atomic E-state index is 0.0316. The van der Waals surface area contributed by atoms with E-state index >= 15 is 0 Å². The van der Waals surface area contributed by atoms with Gasteiger partial charge < -0.3 is 35.4 Å². The number of hydrogen-bond acceptors (Lipinski definition) is 8. The number of carbonyl (C=O) groups is 1. The van der Waals surface area contributed by atoms with Gasteiger partial charge in [0.25, 0.3) is 0 Å². The Morgan fingerprint density at radius 3 is 2.62 bits per heavy atom. The zero-order valence-corrected chi connectivity index (χ0v) is 18.7. The van der Waals surface area contributed by atoms with Crippen LogP contribution in [0.4, 0.5) is 0 Å². The van der Waals surface area contributed by atoms with E-state index in [9.17, 15) is 20.1 Å². The fraction of sp³-hybridized carbons (Fsp3) is 0.950. The van der Waals surface area contributed by atoms with E-state index in [4.69, 9.17) is 9.47 Å². The third-order valence-corrected chi connectivity index (χ3v) is 6.61. The van der Waals surface area contributed by atoms with Crippen LogP contribution in [0.5, 0.6) is 0 Å². The van der Waals surface area contributed by atoms with E-state index in [0.717, 1.165) is 26.0 Å². The maximum atomic E-state index is 13.0. The molecule has 8 atom stereocenters. The largest absolute Gasteiger partial charge is 0.388 e. The second kappa shape index (κ2) is 11.8. The Hall–Kier alpha value is -0.420. The molecule has 0 aliphatic carbocycles. The monoisotopic (exact) mass is 434 g/mol. The van der Waals surface area contributed by atoms with E-state index in [1.54, 1.807) is 6.26 Å². The van der Waals surface area contributed by atoms with Crippen molar-refractivity contribution >= 4 is 17.7 Å². The van der Waals surface area contributed by atoms with Crippen molar-refractivity contribution < 1.29 is 29.6 Å². The first-order chi connectivity index (χ1) is 13.8. The molecule has 1 amide bonds. The van der Waals surface area contributed by atoms with Gasteiger partial charge in [-0.1, -0.05) is 20.8 Å². The Bertz CT molecular complexity index is 509. The predicted octanol–water partition coefficient (Wildman–Crippen LogP) is 0.0926. The van der Waals surface area contributed by atoms with E-state index < -0.39 is 35.9 Å². The van der Waals surface area contributed by atoms with Gasteiger partial charge >= 0.3 is 0 Å². The zero-order chi connectivity index (χ0) is 21.6. The van der Waals surface area contributed by atoms with Gasteiger partial charge in [0.15, 0.2) is 0 Å². The lowest BCUT2D eigenvalue weighted by molar-refractivity contribution is -0.208. The third-order valence-electron chi connectivity index (χ3n) is 5.75. The third kappa shape index (κ3) is 6.53. The number of piperidine rings is 1. The number of rotatable bonds is 9. The summed E-state index contributed by atoms with van der Waals surface area (Å²) >= 11 is 1.27. The molecule has 29 heavy (non-hydrogen) atoms. The van der Waals surface area contributed by atoms with E-state index in [0.29, 0.717) is 18.9 Å². The summed E-state index contributed by atoms with van der Waals surface area (Å²) < 4.78 is 11.5. The van der Waals surface area contributed by atoms with E-state index in [2.05, 4.69) is 17.6 Å². The van der Waals surface area contributed by atoms with Gasteiger partial charge in [-0.25, -0.2) is 0 Å². The summed E-state index contributed by atoms with van der Waals surface area (Å²) in [6, 6.07) is -0.819. The van der Waals surface area contributed by atoms with Gasteiger partial charge in [0.2, 0.25) is 5.91 Å². The molecule has 2 aliphatic rings. The number of aliphatic hydroxyl groups excluding tert-OH is 3. The minimum atomic E-state index is -1.32. The van der Waals surface area contributed by atoms with Crippen molar-refractivity contribution in [3.05, 3.63) is 0 Å². The van der Waals surface area contributed by atoms with Crippen molar-refractivity contribution in [1.29, 1.82) is 0 Å². The van der Waals surface area contributed by atoms with E-state index in [-0.39, 0.29) is 17.9 Å². The van der Waals surface area contributed by atoms with Gasteiger partial charge in [0.1, 0.15) is 29.9 Å². The highest BCUT2D eigenvalue weighted by Crippen LogP contribution is 2.30. The van der Waals surface area contributed by atoms with Gasteiger partial charge in [-0.05, 0) is 43.9 Å². The average molecular weight is 435 g/mol. The molecule has 8 nitrogen and oxygen atoms in total. The molecule has 0 aromatic heterocycles. The molecule has 9 heteroatoms. The Kier molecular flexibility index (Phi) is 10.1. The summed E-state index contributed by atoms with van der Waals surface area (Å²) in [4.78, 5) is 13.0. The van der Waals surface area contributed by atoms with Gasteiger partial charge in [0, 0.05) is 13.2 Å². The highest BCUT2D eigenvalue weighted by molar-refractivity contribution is 7.99. The van der Waals surface area contributed by atoms with Crippen LogP contribution in [-0.4, -0.2) is 89.2 Å². The topological polar surface area (TPSA) is 120 Å². The maximum absolute atomic E-state index is 13.0. The smallest absolute Gasteiger partial charge is 0.237 e. The molecule has 0 aromatic carbocycles. The second-order valence-corrected chi connectivity index (χ2v) is 9.36. The quantitative estimate of drug-likeness (QED) is 0.324. The summed E-state index contributed by atoms with van der Waals surface area (Å²) in [5.74, 6) is 0.169. The van der Waals surface area contributed by atoms with Gasteiger partial charge in [-0.3, -0.25) is 4.79 Å². The van der Waals surface area contributed by atoms with Crippen LogP contribution in [0.3, 0.4) is 0 Å². The molecule has 2 saturated heterocycles. The summed E-state index contributed by atoms with van der Waals surface area (Å²) in [6.07, 6.45) is -0.162. The van der Waals surface area contributed by atoms with Crippen molar-refractivity contribution in [2.24, 2.45) is 11.8 Å². The number of amides is 1. The lowest BCUT2D eigenvalue weighted by Crippen LogP contribution is -2.65. The normalized spacial score (nSPS) is 36.8. The maximum Gasteiger partial charge on any atom is 0.237 e. The molecule has 0 radical (unpaired) electrons. The van der Waals surface area contributed by atoms with Crippen LogP contribution in [0.2, 0.25) is 0 Å². The molecule has 5 N–H and O–H groups in total. The first-order valence-electron chi connectivity index (χ1n) is 10.6. The van der Waals surface area contributed by atoms with Crippen molar-refractivity contribution in [1.82, 2.24) is 10.6 Å². The fourth-order valence-corrected chi connectivity index (χ4v) is 4.68. The zero-order valence-electron chi connectivity index (χ0n) is 17.9. The van der Waals surface area contributed by atoms with Crippen molar-refractivity contribution in [2.45, 2.75) is 82.0 Å². The molecular weight excluding hydrogens is 396 g/mol. The summed E-state index contributed by atoms with van der Waals surface area (Å²) in [7, 11) is 0. The Morgan fingerprint density at radius 1 is 1.28 bits per heavy atom. The van der Waals surface area contributed by atoms with Crippen LogP contribution >= 0.6 is 11.8 Å². The van der Waals surface area contributed by atoms with Gasteiger partial charge in [-0.2, -0.15) is 0 Å². The minimum Gasteiger partial charge on any atom is -0.388 e. The number of nitrogens with one attached hydrogen (secondary N) is 2. The molecule has 2 aliphatic heterocycles.